The molecule has 3 rings (SSSR count). The maximum Gasteiger partial charge on any atom is 0.339 e. The minimum absolute atomic E-state index is 0.163. The van der Waals surface area contributed by atoms with Gasteiger partial charge in [-0.2, -0.15) is 0 Å². The van der Waals surface area contributed by atoms with E-state index in [9.17, 15) is 9.90 Å². The fourth-order valence-electron chi connectivity index (χ4n) is 3.00. The molecule has 0 unspecified atom stereocenters. The Morgan fingerprint density at radius 3 is 2.52 bits per heavy atom. The average Bonchev–Trinajstić information content (AvgIpc) is 2.90. The Labute approximate surface area is 171 Å². The number of carboxylic acid groups (broad SMARTS) is 1. The number of aromatic hydroxyl groups is 1. The number of aryl methyl sites for hydroxylation is 2. The van der Waals surface area contributed by atoms with Gasteiger partial charge in [-0.1, -0.05) is 0 Å². The summed E-state index contributed by atoms with van der Waals surface area (Å²) in [6, 6.07) is 12.7. The van der Waals surface area contributed by atoms with E-state index in [4.69, 9.17) is 5.11 Å². The van der Waals surface area contributed by atoms with E-state index >= 15 is 0 Å². The first-order valence-electron chi connectivity index (χ1n) is 8.34. The topological polar surface area (TPSA) is 74.8 Å². The lowest BCUT2D eigenvalue weighted by molar-refractivity contribution is 0.0694. The Balaban J connectivity index is 1.97. The minimum Gasteiger partial charge on any atom is -0.507 e. The molecule has 5 nitrogen and oxygen atoms in total. The summed E-state index contributed by atoms with van der Waals surface area (Å²) in [6.07, 6.45) is 1.72. The SMILES string of the molecule is Cc1cc(-n2c(C)cc(C=Nc3ccc(O)c(C(=O)O)c3)c2C)ccc1I. The van der Waals surface area contributed by atoms with Gasteiger partial charge in [0.25, 0.3) is 0 Å². The van der Waals surface area contributed by atoms with E-state index in [0.717, 1.165) is 22.6 Å². The lowest BCUT2D eigenvalue weighted by atomic mass is 10.2. The first-order valence-corrected chi connectivity index (χ1v) is 9.41. The molecule has 0 aliphatic carbocycles. The van der Waals surface area contributed by atoms with E-state index in [-0.39, 0.29) is 11.3 Å². The van der Waals surface area contributed by atoms with Crippen LogP contribution in [0.3, 0.4) is 0 Å². The highest BCUT2D eigenvalue weighted by molar-refractivity contribution is 14.1. The van der Waals surface area contributed by atoms with Crippen LogP contribution in [0.5, 0.6) is 5.75 Å². The third kappa shape index (κ3) is 3.90. The van der Waals surface area contributed by atoms with Crippen LogP contribution in [-0.2, 0) is 0 Å². The van der Waals surface area contributed by atoms with Gasteiger partial charge in [-0.05, 0) is 91.4 Å². The van der Waals surface area contributed by atoms with Gasteiger partial charge in [-0.3, -0.25) is 4.99 Å². The Morgan fingerprint density at radius 1 is 1.11 bits per heavy atom. The molecule has 1 aromatic heterocycles. The molecule has 0 fully saturated rings. The highest BCUT2D eigenvalue weighted by Crippen LogP contribution is 2.25. The van der Waals surface area contributed by atoms with Crippen LogP contribution >= 0.6 is 22.6 Å². The smallest absolute Gasteiger partial charge is 0.339 e. The number of rotatable bonds is 4. The van der Waals surface area contributed by atoms with Crippen molar-refractivity contribution >= 4 is 40.5 Å². The second-order valence-corrected chi connectivity index (χ2v) is 7.52. The van der Waals surface area contributed by atoms with Gasteiger partial charge in [-0.25, -0.2) is 4.79 Å². The molecule has 138 valence electrons. The molecule has 0 amide bonds. The van der Waals surface area contributed by atoms with Gasteiger partial charge in [0.1, 0.15) is 11.3 Å². The van der Waals surface area contributed by atoms with Crippen molar-refractivity contribution in [1.29, 1.82) is 0 Å². The van der Waals surface area contributed by atoms with Gasteiger partial charge in [-0.15, -0.1) is 0 Å². The van der Waals surface area contributed by atoms with Crippen LogP contribution in [0, 0.1) is 24.3 Å². The highest BCUT2D eigenvalue weighted by atomic mass is 127. The molecule has 2 aromatic carbocycles. The second-order valence-electron chi connectivity index (χ2n) is 6.36. The largest absolute Gasteiger partial charge is 0.507 e. The molecule has 6 heteroatoms. The van der Waals surface area contributed by atoms with Gasteiger partial charge < -0.3 is 14.8 Å². The summed E-state index contributed by atoms with van der Waals surface area (Å²) in [6.45, 7) is 6.16. The van der Waals surface area contributed by atoms with Gasteiger partial charge in [0, 0.05) is 32.4 Å². The van der Waals surface area contributed by atoms with Gasteiger partial charge in [0.15, 0.2) is 0 Å². The summed E-state index contributed by atoms with van der Waals surface area (Å²) in [5, 5.41) is 18.7. The molecule has 1 heterocycles. The van der Waals surface area contributed by atoms with Gasteiger partial charge >= 0.3 is 5.97 Å². The number of carbonyl (C=O) groups is 1. The van der Waals surface area contributed by atoms with Crippen molar-refractivity contribution in [2.75, 3.05) is 0 Å². The van der Waals surface area contributed by atoms with Crippen LogP contribution in [0.15, 0.2) is 47.5 Å². The summed E-state index contributed by atoms with van der Waals surface area (Å²) in [7, 11) is 0. The van der Waals surface area contributed by atoms with Gasteiger partial charge in [0.05, 0.1) is 5.69 Å². The molecule has 0 spiro atoms. The normalized spacial score (nSPS) is 11.3. The lowest BCUT2D eigenvalue weighted by Gasteiger charge is -2.11. The molecular formula is C21H19IN2O3. The molecule has 2 N–H and O–H groups in total. The maximum absolute atomic E-state index is 11.1. The van der Waals surface area contributed by atoms with Crippen molar-refractivity contribution in [3.05, 3.63) is 74.1 Å². The lowest BCUT2D eigenvalue weighted by Crippen LogP contribution is -2.00. The number of carboxylic acids is 1. The number of aromatic carboxylic acids is 1. The molecule has 3 aromatic rings. The predicted octanol–water partition coefficient (Wildman–Crippen LogP) is 5.16. The predicted molar refractivity (Wildman–Crippen MR) is 115 cm³/mol. The van der Waals surface area contributed by atoms with E-state index < -0.39 is 5.97 Å². The maximum atomic E-state index is 11.1. The molecule has 0 atom stereocenters. The number of aromatic nitrogens is 1. The second kappa shape index (κ2) is 7.56. The van der Waals surface area contributed by atoms with Crippen LogP contribution in [0.1, 0.15) is 32.9 Å². The standard InChI is InChI=1S/C21H19IN2O3/c1-12-8-17(5-6-19(12)22)24-13(2)9-15(14(24)3)11-23-16-4-7-20(25)18(10-16)21(26)27/h4-11,25H,1-3H3,(H,26,27). The van der Waals surface area contributed by atoms with Crippen LogP contribution in [-0.4, -0.2) is 27.0 Å². The fraction of sp³-hybridized carbons (Fsp3) is 0.143. The Bertz CT molecular complexity index is 1070. The van der Waals surface area contributed by atoms with E-state index in [1.54, 1.807) is 12.3 Å². The average molecular weight is 474 g/mol. The number of aliphatic imine (C=N–C) groups is 1. The van der Waals surface area contributed by atoms with Crippen molar-refractivity contribution in [2.24, 2.45) is 4.99 Å². The monoisotopic (exact) mass is 474 g/mol. The van der Waals surface area contributed by atoms with Gasteiger partial charge in [0.2, 0.25) is 0 Å². The van der Waals surface area contributed by atoms with Crippen LogP contribution in [0.4, 0.5) is 5.69 Å². The zero-order chi connectivity index (χ0) is 19.7. The highest BCUT2D eigenvalue weighted by Gasteiger charge is 2.12. The van der Waals surface area contributed by atoms with Crippen molar-refractivity contribution in [1.82, 2.24) is 4.57 Å². The summed E-state index contributed by atoms with van der Waals surface area (Å²) in [5.41, 5.74) is 5.72. The first-order chi connectivity index (χ1) is 12.8. The number of nitrogens with zero attached hydrogens (tertiary/aromatic N) is 2. The number of hydrogen-bond acceptors (Lipinski definition) is 3. The number of benzene rings is 2. The summed E-state index contributed by atoms with van der Waals surface area (Å²) >= 11 is 2.32. The van der Waals surface area contributed by atoms with Crippen LogP contribution < -0.4 is 0 Å². The van der Waals surface area contributed by atoms with E-state index in [0.29, 0.717) is 5.69 Å². The van der Waals surface area contributed by atoms with Crippen molar-refractivity contribution in [3.8, 4) is 11.4 Å². The molecule has 0 aliphatic rings. The third-order valence-corrected chi connectivity index (χ3v) is 5.64. The fourth-order valence-corrected chi connectivity index (χ4v) is 3.34. The molecule has 0 saturated carbocycles. The molecule has 0 aliphatic heterocycles. The van der Waals surface area contributed by atoms with E-state index in [1.165, 1.54) is 21.3 Å². The Morgan fingerprint density at radius 2 is 1.85 bits per heavy atom. The quantitative estimate of drug-likeness (QED) is 0.405. The molecule has 0 saturated heterocycles. The number of phenols is 1. The third-order valence-electron chi connectivity index (χ3n) is 4.43. The minimum atomic E-state index is -1.18. The number of hydrogen-bond donors (Lipinski definition) is 2. The molecule has 27 heavy (non-hydrogen) atoms. The van der Waals surface area contributed by atoms with Crippen LogP contribution in [0.25, 0.3) is 5.69 Å². The zero-order valence-corrected chi connectivity index (χ0v) is 17.4. The van der Waals surface area contributed by atoms with Crippen molar-refractivity contribution in [3.63, 3.8) is 0 Å². The zero-order valence-electron chi connectivity index (χ0n) is 15.2. The van der Waals surface area contributed by atoms with E-state index in [1.807, 2.05) is 19.9 Å². The number of halogens is 1. The van der Waals surface area contributed by atoms with E-state index in [2.05, 4.69) is 57.3 Å². The Kier molecular flexibility index (Phi) is 5.36. The summed E-state index contributed by atoms with van der Waals surface area (Å²) in [4.78, 5) is 15.5. The van der Waals surface area contributed by atoms with Crippen molar-refractivity contribution in [2.45, 2.75) is 20.8 Å². The first kappa shape index (κ1) is 19.2. The summed E-state index contributed by atoms with van der Waals surface area (Å²) in [5.74, 6) is -1.45. The van der Waals surface area contributed by atoms with Crippen molar-refractivity contribution < 1.29 is 15.0 Å². The van der Waals surface area contributed by atoms with Crippen LogP contribution in [0.2, 0.25) is 0 Å². The molecule has 0 radical (unpaired) electrons. The molecular weight excluding hydrogens is 455 g/mol. The summed E-state index contributed by atoms with van der Waals surface area (Å²) < 4.78 is 3.39. The molecule has 0 bridgehead atoms. The Hall–Kier alpha value is -2.61.